The van der Waals surface area contributed by atoms with E-state index in [1.54, 1.807) is 10.6 Å². The molecule has 0 aliphatic heterocycles. The fourth-order valence-corrected chi connectivity index (χ4v) is 4.02. The van der Waals surface area contributed by atoms with Gasteiger partial charge >= 0.3 is 0 Å². The van der Waals surface area contributed by atoms with Crippen LogP contribution in [0.3, 0.4) is 0 Å². The quantitative estimate of drug-likeness (QED) is 0.452. The van der Waals surface area contributed by atoms with Crippen molar-refractivity contribution >= 4 is 28.6 Å². The number of hydrogen-bond acceptors (Lipinski definition) is 4. The summed E-state index contributed by atoms with van der Waals surface area (Å²) < 4.78 is 1.61. The molecule has 1 heterocycles. The van der Waals surface area contributed by atoms with Crippen molar-refractivity contribution in [3.05, 3.63) is 64.4 Å². The van der Waals surface area contributed by atoms with Crippen LogP contribution in [0.25, 0.3) is 16.6 Å². The second-order valence-electron chi connectivity index (χ2n) is 8.54. The first kappa shape index (κ1) is 22.1. The van der Waals surface area contributed by atoms with Gasteiger partial charge < -0.3 is 5.32 Å². The van der Waals surface area contributed by atoms with Gasteiger partial charge in [0.05, 0.1) is 22.3 Å². The van der Waals surface area contributed by atoms with Crippen LogP contribution in [0.1, 0.15) is 52.5 Å². The van der Waals surface area contributed by atoms with Crippen LogP contribution in [0.2, 0.25) is 0 Å². The molecule has 0 saturated carbocycles. The van der Waals surface area contributed by atoms with Crippen molar-refractivity contribution in [1.82, 2.24) is 14.9 Å². The van der Waals surface area contributed by atoms with Gasteiger partial charge in [0.15, 0.2) is 5.16 Å². The monoisotopic (exact) mass is 423 g/mol. The van der Waals surface area contributed by atoms with Gasteiger partial charge in [-0.3, -0.25) is 14.2 Å². The van der Waals surface area contributed by atoms with Gasteiger partial charge in [-0.2, -0.15) is 0 Å². The molecular weight excluding hydrogens is 394 g/mol. The fraction of sp³-hybridized carbons (Fsp3) is 0.375. The zero-order valence-electron chi connectivity index (χ0n) is 18.2. The molecule has 0 radical (unpaired) electrons. The van der Waals surface area contributed by atoms with Gasteiger partial charge in [-0.15, -0.1) is 0 Å². The molecule has 3 rings (SSSR count). The van der Waals surface area contributed by atoms with Gasteiger partial charge in [-0.25, -0.2) is 4.98 Å². The zero-order valence-corrected chi connectivity index (χ0v) is 19.0. The van der Waals surface area contributed by atoms with Gasteiger partial charge in [0.25, 0.3) is 5.56 Å². The van der Waals surface area contributed by atoms with E-state index >= 15 is 0 Å². The molecule has 1 unspecified atom stereocenters. The van der Waals surface area contributed by atoms with Crippen LogP contribution >= 0.6 is 11.8 Å². The summed E-state index contributed by atoms with van der Waals surface area (Å²) in [5.74, 6) is 0.557. The van der Waals surface area contributed by atoms with Crippen molar-refractivity contribution in [2.24, 2.45) is 0 Å². The zero-order chi connectivity index (χ0) is 21.9. The van der Waals surface area contributed by atoms with Crippen molar-refractivity contribution in [3.63, 3.8) is 0 Å². The SMILES string of the molecule is CCC(C)c1ccc(-n2c(SCC(=O)NC(C)(C)C)nc3ccccc3c2=O)cc1. The van der Waals surface area contributed by atoms with Crippen molar-refractivity contribution in [3.8, 4) is 5.69 Å². The molecule has 0 bridgehead atoms. The lowest BCUT2D eigenvalue weighted by molar-refractivity contribution is -0.119. The molecule has 6 heteroatoms. The number of rotatable bonds is 6. The van der Waals surface area contributed by atoms with Crippen LogP contribution in [0.5, 0.6) is 0 Å². The highest BCUT2D eigenvalue weighted by atomic mass is 32.2. The number of thioether (sulfide) groups is 1. The van der Waals surface area contributed by atoms with Crippen molar-refractivity contribution < 1.29 is 4.79 Å². The van der Waals surface area contributed by atoms with Crippen molar-refractivity contribution in [2.75, 3.05) is 5.75 Å². The molecule has 5 nitrogen and oxygen atoms in total. The molecular formula is C24H29N3O2S. The molecule has 1 amide bonds. The second kappa shape index (κ2) is 9.04. The molecule has 158 valence electrons. The lowest BCUT2D eigenvalue weighted by atomic mass is 9.98. The standard InChI is InChI=1S/C24H29N3O2S/c1-6-16(2)17-11-13-18(14-12-17)27-22(29)19-9-7-8-10-20(19)25-23(27)30-15-21(28)26-24(3,4)5/h7-14,16H,6,15H2,1-5H3,(H,26,28). The molecule has 1 atom stereocenters. The maximum Gasteiger partial charge on any atom is 0.266 e. The fourth-order valence-electron chi connectivity index (χ4n) is 3.21. The van der Waals surface area contributed by atoms with Gasteiger partial charge in [0.1, 0.15) is 0 Å². The Morgan fingerprint density at radius 1 is 1.13 bits per heavy atom. The lowest BCUT2D eigenvalue weighted by Gasteiger charge is -2.20. The highest BCUT2D eigenvalue weighted by Gasteiger charge is 2.17. The van der Waals surface area contributed by atoms with Crippen LogP contribution in [-0.2, 0) is 4.79 Å². The number of carbonyl (C=O) groups excluding carboxylic acids is 1. The van der Waals surface area contributed by atoms with E-state index in [-0.39, 0.29) is 22.8 Å². The van der Waals surface area contributed by atoms with E-state index in [1.165, 1.54) is 17.3 Å². The molecule has 2 aromatic carbocycles. The second-order valence-corrected chi connectivity index (χ2v) is 9.48. The maximum absolute atomic E-state index is 13.3. The van der Waals surface area contributed by atoms with Gasteiger partial charge in [-0.05, 0) is 62.9 Å². The van der Waals surface area contributed by atoms with E-state index in [0.717, 1.165) is 12.1 Å². The molecule has 30 heavy (non-hydrogen) atoms. The molecule has 0 aliphatic carbocycles. The van der Waals surface area contributed by atoms with Crippen LogP contribution in [0.15, 0.2) is 58.5 Å². The number of nitrogens with zero attached hydrogens (tertiary/aromatic N) is 2. The number of para-hydroxylation sites is 1. The first-order valence-corrected chi connectivity index (χ1v) is 11.2. The Labute approximate surface area is 181 Å². The smallest absolute Gasteiger partial charge is 0.266 e. The number of aromatic nitrogens is 2. The topological polar surface area (TPSA) is 64.0 Å². The number of fused-ring (bicyclic) bond motifs is 1. The number of carbonyl (C=O) groups is 1. The van der Waals surface area contributed by atoms with Gasteiger partial charge in [0, 0.05) is 5.54 Å². The third-order valence-electron chi connectivity index (χ3n) is 4.92. The average Bonchev–Trinajstić information content (AvgIpc) is 2.71. The average molecular weight is 424 g/mol. The predicted molar refractivity (Wildman–Crippen MR) is 125 cm³/mol. The molecule has 0 spiro atoms. The van der Waals surface area contributed by atoms with Crippen LogP contribution < -0.4 is 10.9 Å². The van der Waals surface area contributed by atoms with E-state index in [4.69, 9.17) is 4.98 Å². The van der Waals surface area contributed by atoms with E-state index < -0.39 is 0 Å². The summed E-state index contributed by atoms with van der Waals surface area (Å²) in [5, 5.41) is 4.03. The van der Waals surface area contributed by atoms with Crippen molar-refractivity contribution in [2.45, 2.75) is 57.7 Å². The third-order valence-corrected chi connectivity index (χ3v) is 5.86. The summed E-state index contributed by atoms with van der Waals surface area (Å²) in [7, 11) is 0. The van der Waals surface area contributed by atoms with E-state index in [9.17, 15) is 9.59 Å². The summed E-state index contributed by atoms with van der Waals surface area (Å²) >= 11 is 1.27. The molecule has 3 aromatic rings. The summed E-state index contributed by atoms with van der Waals surface area (Å²) in [5.41, 5.74) is 2.19. The molecule has 0 saturated heterocycles. The van der Waals surface area contributed by atoms with Crippen LogP contribution in [0, 0.1) is 0 Å². The Bertz CT molecular complexity index is 1100. The molecule has 1 aromatic heterocycles. The number of nitrogens with one attached hydrogen (secondary N) is 1. The summed E-state index contributed by atoms with van der Waals surface area (Å²) in [6.45, 7) is 10.2. The largest absolute Gasteiger partial charge is 0.351 e. The number of amides is 1. The van der Waals surface area contributed by atoms with E-state index in [0.29, 0.717) is 22.0 Å². The summed E-state index contributed by atoms with van der Waals surface area (Å²) in [4.78, 5) is 30.3. The maximum atomic E-state index is 13.3. The predicted octanol–water partition coefficient (Wildman–Crippen LogP) is 4.91. The Hall–Kier alpha value is -2.60. The van der Waals surface area contributed by atoms with E-state index in [1.807, 2.05) is 51.1 Å². The molecule has 1 N–H and O–H groups in total. The Morgan fingerprint density at radius 2 is 1.80 bits per heavy atom. The summed E-state index contributed by atoms with van der Waals surface area (Å²) in [6, 6.07) is 15.4. The minimum Gasteiger partial charge on any atom is -0.351 e. The van der Waals surface area contributed by atoms with E-state index in [2.05, 4.69) is 31.3 Å². The number of benzene rings is 2. The first-order chi connectivity index (χ1) is 14.2. The highest BCUT2D eigenvalue weighted by Crippen LogP contribution is 2.24. The van der Waals surface area contributed by atoms with Crippen LogP contribution in [-0.4, -0.2) is 26.8 Å². The van der Waals surface area contributed by atoms with Crippen molar-refractivity contribution in [1.29, 1.82) is 0 Å². The Morgan fingerprint density at radius 3 is 2.43 bits per heavy atom. The Kier molecular flexibility index (Phi) is 6.66. The highest BCUT2D eigenvalue weighted by molar-refractivity contribution is 7.99. The third kappa shape index (κ3) is 5.11. The number of hydrogen-bond donors (Lipinski definition) is 1. The molecule has 0 aliphatic rings. The minimum absolute atomic E-state index is 0.0893. The molecule has 0 fully saturated rings. The summed E-state index contributed by atoms with van der Waals surface area (Å²) in [6.07, 6.45) is 1.06. The van der Waals surface area contributed by atoms with Gasteiger partial charge in [-0.1, -0.05) is 49.9 Å². The Balaban J connectivity index is 2.03. The minimum atomic E-state index is -0.306. The lowest BCUT2D eigenvalue weighted by Crippen LogP contribution is -2.41. The normalized spacial score (nSPS) is 12.7. The van der Waals surface area contributed by atoms with Crippen LogP contribution in [0.4, 0.5) is 0 Å². The first-order valence-electron chi connectivity index (χ1n) is 10.3. The van der Waals surface area contributed by atoms with Gasteiger partial charge in [0.2, 0.25) is 5.91 Å².